The number of carbonyl (C=O) groups is 1. The van der Waals surface area contributed by atoms with Gasteiger partial charge in [-0.05, 0) is 25.0 Å². The standard InChI is InChI=1S/C16H17F3N4O4S/c1-10-9-13(27-2)21-14(20-10)22-15(24)23-28(25,26)12-6-4-3-5-11(12)7-8-16(17,18)19/h3-6,9H,7-8H2,1-2H3,(H2,20,21,22,23,24). The molecule has 0 saturated heterocycles. The molecule has 0 spiro atoms. The molecule has 152 valence electrons. The second-order valence-electron chi connectivity index (χ2n) is 5.66. The number of benzene rings is 1. The quantitative estimate of drug-likeness (QED) is 0.747. The zero-order valence-electron chi connectivity index (χ0n) is 14.9. The van der Waals surface area contributed by atoms with Crippen LogP contribution in [-0.2, 0) is 16.4 Å². The van der Waals surface area contributed by atoms with Gasteiger partial charge in [-0.2, -0.15) is 18.2 Å². The first-order valence-corrected chi connectivity index (χ1v) is 9.36. The number of nitrogens with zero attached hydrogens (tertiary/aromatic N) is 2. The molecule has 0 aliphatic rings. The summed E-state index contributed by atoms with van der Waals surface area (Å²) >= 11 is 0. The summed E-state index contributed by atoms with van der Waals surface area (Å²) < 4.78 is 68.9. The van der Waals surface area contributed by atoms with E-state index >= 15 is 0 Å². The third kappa shape index (κ3) is 6.08. The van der Waals surface area contributed by atoms with E-state index in [2.05, 4.69) is 15.3 Å². The number of sulfonamides is 1. The van der Waals surface area contributed by atoms with Gasteiger partial charge in [0.2, 0.25) is 11.8 Å². The van der Waals surface area contributed by atoms with Crippen LogP contribution in [0.2, 0.25) is 0 Å². The first-order valence-electron chi connectivity index (χ1n) is 7.88. The van der Waals surface area contributed by atoms with E-state index in [0.717, 1.165) is 6.07 Å². The summed E-state index contributed by atoms with van der Waals surface area (Å²) in [4.78, 5) is 19.4. The smallest absolute Gasteiger partial charge is 0.389 e. The zero-order chi connectivity index (χ0) is 20.9. The van der Waals surface area contributed by atoms with Crippen molar-refractivity contribution in [2.45, 2.75) is 30.8 Å². The van der Waals surface area contributed by atoms with Gasteiger partial charge in [-0.25, -0.2) is 22.9 Å². The monoisotopic (exact) mass is 418 g/mol. The van der Waals surface area contributed by atoms with E-state index in [1.165, 1.54) is 31.4 Å². The minimum atomic E-state index is -4.44. The van der Waals surface area contributed by atoms with Gasteiger partial charge >= 0.3 is 12.2 Å². The Morgan fingerprint density at radius 1 is 1.21 bits per heavy atom. The first-order chi connectivity index (χ1) is 13.0. The third-order valence-electron chi connectivity index (χ3n) is 3.43. The van der Waals surface area contributed by atoms with Crippen LogP contribution in [0.1, 0.15) is 17.7 Å². The number of hydrogen-bond donors (Lipinski definition) is 2. The minimum Gasteiger partial charge on any atom is -0.481 e. The zero-order valence-corrected chi connectivity index (χ0v) is 15.7. The predicted molar refractivity (Wildman–Crippen MR) is 93.5 cm³/mol. The lowest BCUT2D eigenvalue weighted by molar-refractivity contribution is -0.134. The number of ether oxygens (including phenoxy) is 1. The van der Waals surface area contributed by atoms with Gasteiger partial charge in [0, 0.05) is 18.2 Å². The van der Waals surface area contributed by atoms with Gasteiger partial charge in [-0.15, -0.1) is 0 Å². The molecule has 1 heterocycles. The fourth-order valence-corrected chi connectivity index (χ4v) is 3.43. The van der Waals surface area contributed by atoms with E-state index in [9.17, 15) is 26.4 Å². The molecule has 2 aromatic rings. The van der Waals surface area contributed by atoms with Crippen molar-refractivity contribution >= 4 is 22.0 Å². The van der Waals surface area contributed by atoms with Crippen LogP contribution in [0.4, 0.5) is 23.9 Å². The molecule has 1 aromatic carbocycles. The predicted octanol–water partition coefficient (Wildman–Crippen LogP) is 2.80. The number of rotatable bonds is 6. The molecule has 1 aromatic heterocycles. The Hall–Kier alpha value is -2.89. The Balaban J connectivity index is 2.17. The van der Waals surface area contributed by atoms with Gasteiger partial charge in [0.15, 0.2) is 0 Å². The van der Waals surface area contributed by atoms with Crippen LogP contribution < -0.4 is 14.8 Å². The number of anilines is 1. The van der Waals surface area contributed by atoms with Crippen molar-refractivity contribution in [3.05, 3.63) is 41.6 Å². The van der Waals surface area contributed by atoms with E-state index in [0.29, 0.717) is 5.69 Å². The van der Waals surface area contributed by atoms with E-state index in [4.69, 9.17) is 4.74 Å². The van der Waals surface area contributed by atoms with Crippen LogP contribution in [0.15, 0.2) is 35.2 Å². The summed E-state index contributed by atoms with van der Waals surface area (Å²) in [7, 11) is -3.06. The maximum absolute atomic E-state index is 12.5. The Labute approximate surface area is 159 Å². The van der Waals surface area contributed by atoms with Crippen molar-refractivity contribution in [3.8, 4) is 5.88 Å². The highest BCUT2D eigenvalue weighted by molar-refractivity contribution is 7.90. The van der Waals surface area contributed by atoms with Crippen LogP contribution in [0, 0.1) is 6.92 Å². The van der Waals surface area contributed by atoms with Gasteiger partial charge in [-0.1, -0.05) is 18.2 Å². The summed E-state index contributed by atoms with van der Waals surface area (Å²) in [5, 5.41) is 2.15. The van der Waals surface area contributed by atoms with Crippen molar-refractivity contribution in [3.63, 3.8) is 0 Å². The highest BCUT2D eigenvalue weighted by atomic mass is 32.2. The topological polar surface area (TPSA) is 110 Å². The SMILES string of the molecule is COc1cc(C)nc(NC(=O)NS(=O)(=O)c2ccccc2CCC(F)(F)F)n1. The van der Waals surface area contributed by atoms with E-state index in [-0.39, 0.29) is 17.4 Å². The molecule has 0 unspecified atom stereocenters. The molecule has 2 amide bonds. The maximum Gasteiger partial charge on any atom is 0.389 e. The number of carbonyl (C=O) groups excluding carboxylic acids is 1. The van der Waals surface area contributed by atoms with Crippen molar-refractivity contribution < 1.29 is 31.1 Å². The lowest BCUT2D eigenvalue weighted by Gasteiger charge is -2.13. The lowest BCUT2D eigenvalue weighted by atomic mass is 10.1. The molecule has 0 radical (unpaired) electrons. The molecule has 0 bridgehead atoms. The van der Waals surface area contributed by atoms with Gasteiger partial charge in [0.1, 0.15) is 0 Å². The molecular formula is C16H17F3N4O4S. The summed E-state index contributed by atoms with van der Waals surface area (Å²) in [6, 6.07) is 5.46. The first kappa shape index (κ1) is 21.4. The number of aryl methyl sites for hydroxylation is 2. The Kier molecular flexibility index (Phi) is 6.44. The van der Waals surface area contributed by atoms with E-state index in [1.807, 2.05) is 0 Å². The Morgan fingerprint density at radius 3 is 2.54 bits per heavy atom. The molecule has 0 fully saturated rings. The van der Waals surface area contributed by atoms with Crippen LogP contribution in [0.3, 0.4) is 0 Å². The molecule has 0 saturated carbocycles. The molecule has 2 N–H and O–H groups in total. The van der Waals surface area contributed by atoms with Crippen molar-refractivity contribution in [1.82, 2.24) is 14.7 Å². The van der Waals surface area contributed by atoms with Crippen molar-refractivity contribution in [2.24, 2.45) is 0 Å². The van der Waals surface area contributed by atoms with E-state index < -0.39 is 40.0 Å². The van der Waals surface area contributed by atoms with Crippen LogP contribution in [0.5, 0.6) is 5.88 Å². The number of urea groups is 1. The number of halogens is 3. The fraction of sp³-hybridized carbons (Fsp3) is 0.312. The number of hydrogen-bond acceptors (Lipinski definition) is 6. The van der Waals surface area contributed by atoms with E-state index in [1.54, 1.807) is 11.6 Å². The lowest BCUT2D eigenvalue weighted by Crippen LogP contribution is -2.35. The number of alkyl halides is 3. The highest BCUT2D eigenvalue weighted by Crippen LogP contribution is 2.25. The van der Waals surface area contributed by atoms with Crippen molar-refractivity contribution in [1.29, 1.82) is 0 Å². The number of methoxy groups -OCH3 is 1. The fourth-order valence-electron chi connectivity index (χ4n) is 2.25. The average Bonchev–Trinajstić information content (AvgIpc) is 2.58. The summed E-state index contributed by atoms with van der Waals surface area (Å²) in [5.74, 6) is -0.0435. The van der Waals surface area contributed by atoms with Gasteiger partial charge in [0.05, 0.1) is 12.0 Å². The average molecular weight is 418 g/mol. The molecular weight excluding hydrogens is 401 g/mol. The third-order valence-corrected chi connectivity index (χ3v) is 4.86. The molecule has 0 atom stereocenters. The van der Waals surface area contributed by atoms with Crippen LogP contribution >= 0.6 is 0 Å². The highest BCUT2D eigenvalue weighted by Gasteiger charge is 2.28. The summed E-state index contributed by atoms with van der Waals surface area (Å²) in [5.41, 5.74) is 0.399. The van der Waals surface area contributed by atoms with Gasteiger partial charge in [-0.3, -0.25) is 5.32 Å². The molecule has 28 heavy (non-hydrogen) atoms. The Bertz CT molecular complexity index is 965. The molecule has 8 nitrogen and oxygen atoms in total. The van der Waals surface area contributed by atoms with Gasteiger partial charge < -0.3 is 4.74 Å². The second kappa shape index (κ2) is 8.42. The molecule has 0 aliphatic heterocycles. The Morgan fingerprint density at radius 2 is 1.89 bits per heavy atom. The summed E-state index contributed by atoms with van der Waals surface area (Å²) in [6.07, 6.45) is -6.17. The molecule has 2 rings (SSSR count). The number of amides is 2. The van der Waals surface area contributed by atoms with Gasteiger partial charge in [0.25, 0.3) is 10.0 Å². The minimum absolute atomic E-state index is 0.0615. The van der Waals surface area contributed by atoms with Crippen LogP contribution in [-0.4, -0.2) is 37.7 Å². The second-order valence-corrected chi connectivity index (χ2v) is 7.31. The van der Waals surface area contributed by atoms with Crippen LogP contribution in [0.25, 0.3) is 0 Å². The molecule has 0 aliphatic carbocycles. The normalized spacial score (nSPS) is 11.8. The number of aromatic nitrogens is 2. The maximum atomic E-state index is 12.5. The molecule has 12 heteroatoms. The largest absolute Gasteiger partial charge is 0.481 e. The summed E-state index contributed by atoms with van der Waals surface area (Å²) in [6.45, 7) is 1.61. The van der Waals surface area contributed by atoms with Crippen molar-refractivity contribution in [2.75, 3.05) is 12.4 Å². The number of nitrogens with one attached hydrogen (secondary N) is 2.